The molecule has 2 bridgehead atoms. The third-order valence-corrected chi connectivity index (χ3v) is 11.8. The van der Waals surface area contributed by atoms with E-state index in [1.807, 2.05) is 4.90 Å². The van der Waals surface area contributed by atoms with Gasteiger partial charge < -0.3 is 4.90 Å². The van der Waals surface area contributed by atoms with Gasteiger partial charge in [-0.15, -0.1) is 11.3 Å². The average molecular weight is 651 g/mol. The zero-order valence-corrected chi connectivity index (χ0v) is 24.9. The molecule has 5 atom stereocenters. The zero-order valence-electron chi connectivity index (χ0n) is 22.5. The van der Waals surface area contributed by atoms with Crippen LogP contribution in [0.3, 0.4) is 0 Å². The van der Waals surface area contributed by atoms with Gasteiger partial charge in [0.1, 0.15) is 17.6 Å². The van der Waals surface area contributed by atoms with Crippen molar-refractivity contribution in [3.05, 3.63) is 74.8 Å². The van der Waals surface area contributed by atoms with Gasteiger partial charge in [-0.1, -0.05) is 17.7 Å². The summed E-state index contributed by atoms with van der Waals surface area (Å²) < 4.78 is 71.9. The Kier molecular flexibility index (Phi) is 7.22. The number of nitrogens with zero attached hydrogens (tertiary/aromatic N) is 5. The maximum Gasteiger partial charge on any atom is 0.333 e. The second-order valence-corrected chi connectivity index (χ2v) is 14.6. The average Bonchev–Trinajstić information content (AvgIpc) is 3.75. The van der Waals surface area contributed by atoms with Crippen LogP contribution in [-0.2, 0) is 14.8 Å². The van der Waals surface area contributed by atoms with Crippen LogP contribution in [0.5, 0.6) is 0 Å². The van der Waals surface area contributed by atoms with Gasteiger partial charge in [0.2, 0.25) is 10.0 Å². The summed E-state index contributed by atoms with van der Waals surface area (Å²) in [5.74, 6) is -0.314. The van der Waals surface area contributed by atoms with Gasteiger partial charge in [-0.2, -0.15) is 13.9 Å². The highest BCUT2D eigenvalue weighted by Crippen LogP contribution is 2.47. The van der Waals surface area contributed by atoms with Crippen LogP contribution < -0.4 is 4.72 Å². The van der Waals surface area contributed by atoms with Gasteiger partial charge in [0.05, 0.1) is 10.9 Å². The van der Waals surface area contributed by atoms with Crippen molar-refractivity contribution >= 4 is 50.2 Å². The number of halogens is 4. The molecule has 2 aromatic heterocycles. The van der Waals surface area contributed by atoms with Crippen LogP contribution in [0.25, 0.3) is 5.57 Å². The van der Waals surface area contributed by atoms with E-state index in [0.717, 1.165) is 25.1 Å². The summed E-state index contributed by atoms with van der Waals surface area (Å²) in [6.45, 7) is -2.66. The predicted molar refractivity (Wildman–Crippen MR) is 155 cm³/mol. The predicted octanol–water partition coefficient (Wildman–Crippen LogP) is 5.19. The lowest BCUT2D eigenvalue weighted by molar-refractivity contribution is -0.125. The fraction of sp³-hybridized carbons (Fsp3) is 0.429. The fourth-order valence-corrected chi connectivity index (χ4v) is 9.53. The van der Waals surface area contributed by atoms with Crippen molar-refractivity contribution < 1.29 is 26.4 Å². The number of ketones is 1. The van der Waals surface area contributed by atoms with Crippen molar-refractivity contribution in [2.75, 3.05) is 6.54 Å². The Morgan fingerprint density at radius 2 is 1.91 bits per heavy atom. The van der Waals surface area contributed by atoms with E-state index < -0.39 is 39.7 Å². The van der Waals surface area contributed by atoms with E-state index in [-0.39, 0.29) is 41.3 Å². The first-order valence-electron chi connectivity index (χ1n) is 13.9. The molecule has 0 amide bonds. The number of nitrogens with one attached hydrogen (secondary N) is 1. The van der Waals surface area contributed by atoms with Crippen LogP contribution in [0.1, 0.15) is 61.0 Å². The summed E-state index contributed by atoms with van der Waals surface area (Å²) in [6.07, 6.45) is 5.10. The van der Waals surface area contributed by atoms with Crippen LogP contribution in [0, 0.1) is 17.7 Å². The lowest BCUT2D eigenvalue weighted by Gasteiger charge is -2.32. The number of hydrogen-bond acceptors (Lipinski definition) is 8. The quantitative estimate of drug-likeness (QED) is 0.377. The van der Waals surface area contributed by atoms with E-state index in [9.17, 15) is 26.4 Å². The number of aliphatic imine (C=N–C) groups is 1. The number of carbonyl (C=O) groups is 1. The Balaban J connectivity index is 1.30. The molecule has 3 aromatic rings. The second-order valence-electron chi connectivity index (χ2n) is 11.3. The summed E-state index contributed by atoms with van der Waals surface area (Å²) in [6, 6.07) is 3.94. The molecule has 2 aliphatic heterocycles. The molecule has 4 heterocycles. The van der Waals surface area contributed by atoms with Crippen molar-refractivity contribution in [3.63, 3.8) is 0 Å². The van der Waals surface area contributed by atoms with Gasteiger partial charge in [-0.3, -0.25) is 9.79 Å². The van der Waals surface area contributed by atoms with Crippen LogP contribution in [0.15, 0.2) is 52.7 Å². The Labute approximate surface area is 254 Å². The number of aromatic nitrogens is 3. The molecule has 2 unspecified atom stereocenters. The minimum Gasteiger partial charge on any atom is -0.326 e. The number of alkyl halides is 2. The third kappa shape index (κ3) is 5.11. The van der Waals surface area contributed by atoms with Crippen molar-refractivity contribution in [1.82, 2.24) is 24.4 Å². The molecule has 9 nitrogen and oxygen atoms in total. The maximum atomic E-state index is 14.0. The van der Waals surface area contributed by atoms with Crippen molar-refractivity contribution in [1.29, 1.82) is 0 Å². The van der Waals surface area contributed by atoms with E-state index in [1.54, 1.807) is 11.6 Å². The zero-order chi connectivity index (χ0) is 30.0. The number of carbonyl (C=O) groups excluding carboxylic acids is 1. The van der Waals surface area contributed by atoms with Crippen molar-refractivity contribution in [2.45, 2.75) is 56.0 Å². The Morgan fingerprint density at radius 3 is 2.56 bits per heavy atom. The molecule has 3 fully saturated rings. The Morgan fingerprint density at radius 1 is 1.14 bits per heavy atom. The first-order valence-corrected chi connectivity index (χ1v) is 16.7. The highest BCUT2D eigenvalue weighted by atomic mass is 35.5. The van der Waals surface area contributed by atoms with Crippen LogP contribution in [0.2, 0.25) is 5.02 Å². The fourth-order valence-electron chi connectivity index (χ4n) is 6.83. The standard InChI is InChI=1S/C28H26ClF3N6O3S2/c29-20-11-16(30)3-4-19(20)24-23(21-5-7-38(35-21)28(31)32)22-12-17(13-37(22)26(34-24)27-33-6-8-42-27)36-43(40,41)18-9-14-1-2-15(10-18)25(14)39/h3-8,11,14-15,17-18,24,28,36H,1-2,9-10,12-13H2/t14-,15?,17-,18?,24-/m0/s1. The highest BCUT2D eigenvalue weighted by molar-refractivity contribution is 7.90. The van der Waals surface area contributed by atoms with E-state index >= 15 is 0 Å². The number of rotatable bonds is 7. The minimum atomic E-state index is -3.78. The number of fused-ring (bicyclic) bond motifs is 3. The monoisotopic (exact) mass is 650 g/mol. The molecule has 226 valence electrons. The molecule has 0 spiro atoms. The summed E-state index contributed by atoms with van der Waals surface area (Å²) in [5.41, 5.74) is 1.77. The van der Waals surface area contributed by atoms with Gasteiger partial charge in [0, 0.05) is 70.5 Å². The molecular weight excluding hydrogens is 625 g/mol. The van der Waals surface area contributed by atoms with Crippen LogP contribution >= 0.6 is 22.9 Å². The van der Waals surface area contributed by atoms with E-state index in [4.69, 9.17) is 16.6 Å². The van der Waals surface area contributed by atoms with Crippen molar-refractivity contribution in [2.24, 2.45) is 16.8 Å². The Hall–Kier alpha value is -3.07. The smallest absolute Gasteiger partial charge is 0.326 e. The lowest BCUT2D eigenvalue weighted by atomic mass is 9.87. The number of amidine groups is 1. The number of hydrogen-bond donors (Lipinski definition) is 1. The highest BCUT2D eigenvalue weighted by Gasteiger charge is 2.47. The summed E-state index contributed by atoms with van der Waals surface area (Å²) in [7, 11) is -3.78. The number of sulfonamides is 1. The second kappa shape index (κ2) is 10.8. The topological polar surface area (TPSA) is 110 Å². The number of benzene rings is 1. The molecule has 2 aliphatic carbocycles. The van der Waals surface area contributed by atoms with Crippen LogP contribution in [-0.4, -0.2) is 57.5 Å². The van der Waals surface area contributed by atoms with Crippen LogP contribution in [0.4, 0.5) is 13.2 Å². The maximum absolute atomic E-state index is 14.0. The normalized spacial score (nSPS) is 27.3. The van der Waals surface area contributed by atoms with Gasteiger partial charge in [0.15, 0.2) is 10.8 Å². The molecule has 1 saturated heterocycles. The molecule has 2 saturated carbocycles. The SMILES string of the molecule is O=C1C2CC[C@H]1CC(S(=O)(=O)N[C@H]1CC3=C(c4ccn(C(F)F)n4)[C@H](c4ccc(F)cc4Cl)N=C(c4nccs4)N3C1)C2. The molecule has 1 aromatic carbocycles. The van der Waals surface area contributed by atoms with Crippen molar-refractivity contribution in [3.8, 4) is 0 Å². The first-order chi connectivity index (χ1) is 20.6. The van der Waals surface area contributed by atoms with Gasteiger partial charge in [0.25, 0.3) is 0 Å². The molecule has 4 aliphatic rings. The third-order valence-electron chi connectivity index (χ3n) is 8.76. The lowest BCUT2D eigenvalue weighted by Crippen LogP contribution is -2.46. The molecular formula is C28H26ClF3N6O3S2. The molecule has 7 rings (SSSR count). The Bertz CT molecular complexity index is 1740. The molecule has 1 N–H and O–H groups in total. The molecule has 0 radical (unpaired) electrons. The van der Waals surface area contributed by atoms with E-state index in [0.29, 0.717) is 45.2 Å². The van der Waals surface area contributed by atoms with Gasteiger partial charge >= 0.3 is 6.55 Å². The van der Waals surface area contributed by atoms with Gasteiger partial charge in [-0.25, -0.2) is 27.2 Å². The summed E-state index contributed by atoms with van der Waals surface area (Å²) in [5, 5.41) is 5.92. The summed E-state index contributed by atoms with van der Waals surface area (Å²) in [4.78, 5) is 23.7. The largest absolute Gasteiger partial charge is 0.333 e. The van der Waals surface area contributed by atoms with Gasteiger partial charge in [-0.05, 0) is 43.9 Å². The first kappa shape index (κ1) is 28.7. The summed E-state index contributed by atoms with van der Waals surface area (Å²) >= 11 is 7.85. The van der Waals surface area contributed by atoms with E-state index in [2.05, 4.69) is 14.8 Å². The molecule has 15 heteroatoms. The number of thiazole rings is 1. The minimum absolute atomic E-state index is 0.101. The molecule has 43 heavy (non-hydrogen) atoms. The van der Waals surface area contributed by atoms with E-state index in [1.165, 1.54) is 29.5 Å². The number of Topliss-reactive ketones (excluding diaryl/α,β-unsaturated/α-hetero) is 1.